The van der Waals surface area contributed by atoms with Gasteiger partial charge in [-0.15, -0.1) is 0 Å². The SMILES string of the molecule is COCCNc1n[c]cc(C)n1. The molecule has 1 radical (unpaired) electrons. The maximum Gasteiger partial charge on any atom is 0.223 e. The molecule has 0 saturated heterocycles. The fraction of sp³-hybridized carbons (Fsp3) is 0.500. The van der Waals surface area contributed by atoms with Crippen molar-refractivity contribution >= 4 is 5.95 Å². The summed E-state index contributed by atoms with van der Waals surface area (Å²) in [6.07, 6.45) is 2.74. The van der Waals surface area contributed by atoms with Gasteiger partial charge in [0.25, 0.3) is 0 Å². The van der Waals surface area contributed by atoms with Crippen LogP contribution in [0.25, 0.3) is 0 Å². The van der Waals surface area contributed by atoms with Crippen LogP contribution in [0.4, 0.5) is 5.95 Å². The van der Waals surface area contributed by atoms with Crippen molar-refractivity contribution in [2.75, 3.05) is 25.6 Å². The van der Waals surface area contributed by atoms with Crippen LogP contribution in [-0.4, -0.2) is 30.2 Å². The third-order valence-corrected chi connectivity index (χ3v) is 1.32. The molecule has 0 aromatic carbocycles. The van der Waals surface area contributed by atoms with Crippen molar-refractivity contribution in [1.29, 1.82) is 0 Å². The van der Waals surface area contributed by atoms with Crippen molar-refractivity contribution in [3.63, 3.8) is 0 Å². The molecule has 0 unspecified atom stereocenters. The van der Waals surface area contributed by atoms with Gasteiger partial charge in [0.1, 0.15) is 0 Å². The molecule has 1 aromatic heterocycles. The van der Waals surface area contributed by atoms with Crippen molar-refractivity contribution in [3.05, 3.63) is 18.0 Å². The summed E-state index contributed by atoms with van der Waals surface area (Å²) >= 11 is 0. The summed E-state index contributed by atoms with van der Waals surface area (Å²) in [7, 11) is 1.66. The molecule has 12 heavy (non-hydrogen) atoms. The van der Waals surface area contributed by atoms with E-state index in [0.717, 1.165) is 5.69 Å². The second-order valence-corrected chi connectivity index (χ2v) is 2.38. The van der Waals surface area contributed by atoms with Gasteiger partial charge in [0.05, 0.1) is 12.8 Å². The third kappa shape index (κ3) is 2.84. The molecule has 65 valence electrons. The van der Waals surface area contributed by atoms with Crippen LogP contribution in [0.5, 0.6) is 0 Å². The molecule has 0 aliphatic rings. The van der Waals surface area contributed by atoms with Gasteiger partial charge in [0, 0.05) is 19.3 Å². The van der Waals surface area contributed by atoms with Gasteiger partial charge in [0.15, 0.2) is 0 Å². The van der Waals surface area contributed by atoms with E-state index in [1.807, 2.05) is 6.92 Å². The normalized spacial score (nSPS) is 9.83. The Labute approximate surface area is 72.0 Å². The summed E-state index contributed by atoms with van der Waals surface area (Å²) < 4.78 is 4.87. The minimum Gasteiger partial charge on any atom is -0.383 e. The lowest BCUT2D eigenvalue weighted by molar-refractivity contribution is 0.210. The summed E-state index contributed by atoms with van der Waals surface area (Å²) in [5.74, 6) is 0.604. The van der Waals surface area contributed by atoms with E-state index >= 15 is 0 Å². The number of nitrogens with zero attached hydrogens (tertiary/aromatic N) is 2. The number of aromatic nitrogens is 2. The highest BCUT2D eigenvalue weighted by molar-refractivity contribution is 5.23. The smallest absolute Gasteiger partial charge is 0.223 e. The molecule has 0 amide bonds. The minimum atomic E-state index is 0.604. The molecule has 0 aliphatic heterocycles. The second-order valence-electron chi connectivity index (χ2n) is 2.38. The number of nitrogens with one attached hydrogen (secondary N) is 1. The van der Waals surface area contributed by atoms with Crippen LogP contribution in [0, 0.1) is 13.1 Å². The quantitative estimate of drug-likeness (QED) is 0.667. The number of anilines is 1. The highest BCUT2D eigenvalue weighted by Gasteiger charge is 1.93. The van der Waals surface area contributed by atoms with E-state index < -0.39 is 0 Å². The first-order chi connectivity index (χ1) is 5.83. The maximum atomic E-state index is 4.87. The number of hydrogen-bond acceptors (Lipinski definition) is 4. The van der Waals surface area contributed by atoms with E-state index in [9.17, 15) is 0 Å². The lowest BCUT2D eigenvalue weighted by atomic mass is 10.5. The van der Waals surface area contributed by atoms with Gasteiger partial charge in [-0.25, -0.2) is 9.97 Å². The zero-order valence-electron chi connectivity index (χ0n) is 7.29. The minimum absolute atomic E-state index is 0.604. The first kappa shape index (κ1) is 8.93. The number of methoxy groups -OCH3 is 1. The van der Waals surface area contributed by atoms with E-state index in [1.54, 1.807) is 13.2 Å². The summed E-state index contributed by atoms with van der Waals surface area (Å²) in [5, 5.41) is 3.01. The zero-order chi connectivity index (χ0) is 8.81. The first-order valence-electron chi connectivity index (χ1n) is 3.77. The molecule has 4 nitrogen and oxygen atoms in total. The molecule has 0 saturated carbocycles. The molecule has 1 heterocycles. The molecule has 0 bridgehead atoms. The molecule has 0 fully saturated rings. The largest absolute Gasteiger partial charge is 0.383 e. The number of aryl methyl sites for hydroxylation is 1. The first-order valence-corrected chi connectivity index (χ1v) is 3.77. The summed E-state index contributed by atoms with van der Waals surface area (Å²) in [6, 6.07) is 1.74. The van der Waals surface area contributed by atoms with E-state index in [1.165, 1.54) is 0 Å². The van der Waals surface area contributed by atoms with Crippen LogP contribution in [0.2, 0.25) is 0 Å². The lowest BCUT2D eigenvalue weighted by Gasteiger charge is -2.02. The average Bonchev–Trinajstić information content (AvgIpc) is 2.05. The van der Waals surface area contributed by atoms with Gasteiger partial charge >= 0.3 is 0 Å². The van der Waals surface area contributed by atoms with Crippen molar-refractivity contribution < 1.29 is 4.74 Å². The van der Waals surface area contributed by atoms with Crippen molar-refractivity contribution in [3.8, 4) is 0 Å². The number of rotatable bonds is 4. The number of hydrogen-bond donors (Lipinski definition) is 1. The monoisotopic (exact) mass is 166 g/mol. The summed E-state index contributed by atoms with van der Waals surface area (Å²) in [4.78, 5) is 8.04. The van der Waals surface area contributed by atoms with Gasteiger partial charge in [-0.05, 0) is 13.0 Å². The average molecular weight is 166 g/mol. The van der Waals surface area contributed by atoms with Crippen LogP contribution in [0.1, 0.15) is 5.69 Å². The van der Waals surface area contributed by atoms with Gasteiger partial charge in [-0.1, -0.05) is 0 Å². The Morgan fingerprint density at radius 1 is 1.67 bits per heavy atom. The fourth-order valence-electron chi connectivity index (χ4n) is 0.755. The molecule has 1 N–H and O–H groups in total. The van der Waals surface area contributed by atoms with Crippen molar-refractivity contribution in [1.82, 2.24) is 9.97 Å². The van der Waals surface area contributed by atoms with E-state index in [4.69, 9.17) is 4.74 Å². The van der Waals surface area contributed by atoms with Gasteiger partial charge < -0.3 is 10.1 Å². The van der Waals surface area contributed by atoms with Crippen LogP contribution in [0.3, 0.4) is 0 Å². The van der Waals surface area contributed by atoms with Crippen molar-refractivity contribution in [2.45, 2.75) is 6.92 Å². The Balaban J connectivity index is 2.41. The van der Waals surface area contributed by atoms with E-state index in [2.05, 4.69) is 21.5 Å². The second kappa shape index (κ2) is 4.66. The third-order valence-electron chi connectivity index (χ3n) is 1.32. The van der Waals surface area contributed by atoms with Gasteiger partial charge in [-0.2, -0.15) is 0 Å². The van der Waals surface area contributed by atoms with E-state index in [-0.39, 0.29) is 0 Å². The molecule has 1 rings (SSSR count). The van der Waals surface area contributed by atoms with Gasteiger partial charge in [0.2, 0.25) is 5.95 Å². The van der Waals surface area contributed by atoms with Crippen LogP contribution >= 0.6 is 0 Å². The molecule has 1 aromatic rings. The predicted molar refractivity (Wildman–Crippen MR) is 46.0 cm³/mol. The molecule has 4 heteroatoms. The summed E-state index contributed by atoms with van der Waals surface area (Å²) in [5.41, 5.74) is 0.907. The zero-order valence-corrected chi connectivity index (χ0v) is 7.29. The predicted octanol–water partition coefficient (Wildman–Crippen LogP) is 0.644. The lowest BCUT2D eigenvalue weighted by Crippen LogP contribution is -2.10. The molecular formula is C8H12N3O. The Morgan fingerprint density at radius 3 is 3.17 bits per heavy atom. The van der Waals surface area contributed by atoms with Gasteiger partial charge in [-0.3, -0.25) is 0 Å². The maximum absolute atomic E-state index is 4.87. The number of ether oxygens (including phenoxy) is 1. The van der Waals surface area contributed by atoms with Crippen LogP contribution < -0.4 is 5.32 Å². The van der Waals surface area contributed by atoms with Crippen LogP contribution in [-0.2, 0) is 4.74 Å². The summed E-state index contributed by atoms with van der Waals surface area (Å²) in [6.45, 7) is 3.27. The molecular weight excluding hydrogens is 154 g/mol. The molecule has 0 spiro atoms. The van der Waals surface area contributed by atoms with Crippen LogP contribution in [0.15, 0.2) is 6.07 Å². The topological polar surface area (TPSA) is 47.0 Å². The molecule has 0 aliphatic carbocycles. The molecule has 0 atom stereocenters. The fourth-order valence-corrected chi connectivity index (χ4v) is 0.755. The Kier molecular flexibility index (Phi) is 3.47. The standard InChI is InChI=1S/C8H12N3O/c1-7-3-4-9-8(11-7)10-5-6-12-2/h3H,5-6H2,1-2H3,(H,9,10,11). The Bertz CT molecular complexity index is 239. The van der Waals surface area contributed by atoms with E-state index in [0.29, 0.717) is 19.1 Å². The highest BCUT2D eigenvalue weighted by Crippen LogP contribution is 1.96. The van der Waals surface area contributed by atoms with Crippen molar-refractivity contribution in [2.24, 2.45) is 0 Å². The highest BCUT2D eigenvalue weighted by atomic mass is 16.5. The Morgan fingerprint density at radius 2 is 2.50 bits per heavy atom. The Hall–Kier alpha value is -1.16.